The smallest absolute Gasteiger partial charge is 0.0994 e. The van der Waals surface area contributed by atoms with Gasteiger partial charge in [-0.2, -0.15) is 0 Å². The Balaban J connectivity index is 2.07. The van der Waals surface area contributed by atoms with Crippen LogP contribution in [0.4, 0.5) is 0 Å². The summed E-state index contributed by atoms with van der Waals surface area (Å²) in [6.45, 7) is 2.61. The average molecular weight is 335 g/mol. The molecule has 0 bridgehead atoms. The molecule has 20 heavy (non-hydrogen) atoms. The number of ether oxygens (including phenoxy) is 1. The third-order valence-corrected chi connectivity index (χ3v) is 3.74. The highest BCUT2D eigenvalue weighted by Crippen LogP contribution is 2.23. The highest BCUT2D eigenvalue weighted by atomic mass is 79.9. The molecule has 2 rings (SSSR count). The van der Waals surface area contributed by atoms with Gasteiger partial charge in [-0.05, 0) is 30.2 Å². The van der Waals surface area contributed by atoms with Crippen molar-refractivity contribution in [1.82, 2.24) is 4.98 Å². The van der Waals surface area contributed by atoms with Crippen LogP contribution in [0, 0.1) is 0 Å². The second kappa shape index (κ2) is 7.53. The van der Waals surface area contributed by atoms with Crippen molar-refractivity contribution in [2.45, 2.75) is 32.1 Å². The van der Waals surface area contributed by atoms with Gasteiger partial charge in [0.2, 0.25) is 0 Å². The van der Waals surface area contributed by atoms with Gasteiger partial charge in [0.1, 0.15) is 0 Å². The number of pyridine rings is 1. The molecule has 2 N–H and O–H groups in total. The fourth-order valence-electron chi connectivity index (χ4n) is 1.99. The Morgan fingerprint density at radius 3 is 2.60 bits per heavy atom. The zero-order valence-corrected chi connectivity index (χ0v) is 13.1. The first-order chi connectivity index (χ1) is 9.70. The van der Waals surface area contributed by atoms with Crippen LogP contribution in [0.1, 0.15) is 30.6 Å². The van der Waals surface area contributed by atoms with Crippen molar-refractivity contribution < 1.29 is 4.74 Å². The molecule has 106 valence electrons. The lowest BCUT2D eigenvalue weighted by molar-refractivity contribution is 0.0210. The highest BCUT2D eigenvalue weighted by molar-refractivity contribution is 9.10. The molecule has 0 saturated heterocycles. The van der Waals surface area contributed by atoms with Crippen molar-refractivity contribution in [3.63, 3.8) is 0 Å². The molecule has 3 nitrogen and oxygen atoms in total. The molecule has 0 aliphatic heterocycles. The fraction of sp³-hybridized carbons (Fsp3) is 0.312. The van der Waals surface area contributed by atoms with Gasteiger partial charge < -0.3 is 10.5 Å². The zero-order chi connectivity index (χ0) is 14.4. The molecule has 4 heteroatoms. The molecule has 2 aromatic rings. The van der Waals surface area contributed by atoms with Gasteiger partial charge in [0.05, 0.1) is 12.7 Å². The van der Waals surface area contributed by atoms with Crippen LogP contribution in [-0.2, 0) is 11.3 Å². The quantitative estimate of drug-likeness (QED) is 0.873. The molecule has 0 saturated carbocycles. The van der Waals surface area contributed by atoms with Gasteiger partial charge >= 0.3 is 0 Å². The minimum Gasteiger partial charge on any atom is -0.367 e. The number of nitrogens with zero attached hydrogens (tertiary/aromatic N) is 1. The first-order valence-electron chi connectivity index (χ1n) is 6.72. The van der Waals surface area contributed by atoms with E-state index >= 15 is 0 Å². The van der Waals surface area contributed by atoms with Crippen LogP contribution in [0.2, 0.25) is 0 Å². The van der Waals surface area contributed by atoms with E-state index in [1.165, 1.54) is 0 Å². The largest absolute Gasteiger partial charge is 0.367 e. The third-order valence-electron chi connectivity index (χ3n) is 3.22. The second-order valence-corrected chi connectivity index (χ2v) is 5.63. The number of nitrogens with two attached hydrogens (primary N) is 1. The van der Waals surface area contributed by atoms with E-state index in [9.17, 15) is 0 Å². The summed E-state index contributed by atoms with van der Waals surface area (Å²) in [4.78, 5) is 4.15. The van der Waals surface area contributed by atoms with Gasteiger partial charge in [-0.15, -0.1) is 0 Å². The monoisotopic (exact) mass is 334 g/mol. The number of aromatic nitrogens is 1. The van der Waals surface area contributed by atoms with Crippen LogP contribution < -0.4 is 5.73 Å². The molecule has 2 unspecified atom stereocenters. The van der Waals surface area contributed by atoms with Gasteiger partial charge in [0.25, 0.3) is 0 Å². The lowest BCUT2D eigenvalue weighted by Crippen LogP contribution is -2.29. The first kappa shape index (κ1) is 15.2. The second-order valence-electron chi connectivity index (χ2n) is 4.72. The van der Waals surface area contributed by atoms with E-state index in [2.05, 4.69) is 27.8 Å². The van der Waals surface area contributed by atoms with E-state index in [-0.39, 0.29) is 12.1 Å². The van der Waals surface area contributed by atoms with Crippen LogP contribution in [0.15, 0.2) is 53.3 Å². The van der Waals surface area contributed by atoms with Crippen molar-refractivity contribution in [2.24, 2.45) is 5.73 Å². The SMILES string of the molecule is CCC(N)C(OCc1ccc(Br)cc1)c1cccnc1. The maximum Gasteiger partial charge on any atom is 0.0994 e. The van der Waals surface area contributed by atoms with E-state index in [1.807, 2.05) is 42.6 Å². The molecular formula is C16H19BrN2O. The minimum atomic E-state index is -0.127. The molecule has 0 fully saturated rings. The average Bonchev–Trinajstić information content (AvgIpc) is 2.50. The molecule has 2 atom stereocenters. The zero-order valence-electron chi connectivity index (χ0n) is 11.5. The Bertz CT molecular complexity index is 516. The first-order valence-corrected chi connectivity index (χ1v) is 7.51. The Labute approximate surface area is 128 Å². The van der Waals surface area contributed by atoms with Gasteiger partial charge in [-0.3, -0.25) is 4.98 Å². The summed E-state index contributed by atoms with van der Waals surface area (Å²) >= 11 is 3.43. The van der Waals surface area contributed by atoms with Gasteiger partial charge in [0.15, 0.2) is 0 Å². The van der Waals surface area contributed by atoms with Crippen molar-refractivity contribution in [3.05, 3.63) is 64.4 Å². The molecule has 0 radical (unpaired) electrons. The summed E-state index contributed by atoms with van der Waals surface area (Å²) in [6.07, 6.45) is 4.31. The predicted molar refractivity (Wildman–Crippen MR) is 84.2 cm³/mol. The number of hydrogen-bond acceptors (Lipinski definition) is 3. The van der Waals surface area contributed by atoms with Crippen LogP contribution in [-0.4, -0.2) is 11.0 Å². The van der Waals surface area contributed by atoms with E-state index in [1.54, 1.807) is 6.20 Å². The predicted octanol–water partition coefficient (Wildman–Crippen LogP) is 3.84. The summed E-state index contributed by atoms with van der Waals surface area (Å²) in [5.41, 5.74) is 8.33. The van der Waals surface area contributed by atoms with E-state index < -0.39 is 0 Å². The lowest BCUT2D eigenvalue weighted by atomic mass is 10.0. The van der Waals surface area contributed by atoms with Crippen molar-refractivity contribution in [1.29, 1.82) is 0 Å². The molecular weight excluding hydrogens is 316 g/mol. The van der Waals surface area contributed by atoms with E-state index in [4.69, 9.17) is 10.5 Å². The summed E-state index contributed by atoms with van der Waals surface area (Å²) in [5, 5.41) is 0. The lowest BCUT2D eigenvalue weighted by Gasteiger charge is -2.23. The van der Waals surface area contributed by atoms with Crippen LogP contribution >= 0.6 is 15.9 Å². The normalized spacial score (nSPS) is 13.9. The van der Waals surface area contributed by atoms with Crippen LogP contribution in [0.5, 0.6) is 0 Å². The van der Waals surface area contributed by atoms with Gasteiger partial charge in [-0.1, -0.05) is 41.1 Å². The minimum absolute atomic E-state index is 0.0327. The summed E-state index contributed by atoms with van der Waals surface area (Å²) in [6, 6.07) is 12.0. The van der Waals surface area contributed by atoms with Crippen molar-refractivity contribution in [2.75, 3.05) is 0 Å². The molecule has 0 amide bonds. The summed E-state index contributed by atoms with van der Waals surface area (Å²) in [7, 11) is 0. The van der Waals surface area contributed by atoms with Gasteiger partial charge in [0, 0.05) is 28.5 Å². The highest BCUT2D eigenvalue weighted by Gasteiger charge is 2.19. The van der Waals surface area contributed by atoms with Crippen LogP contribution in [0.25, 0.3) is 0 Å². The Kier molecular flexibility index (Phi) is 5.71. The number of benzene rings is 1. The molecule has 0 aliphatic rings. The molecule has 0 aliphatic carbocycles. The van der Waals surface area contributed by atoms with Crippen LogP contribution in [0.3, 0.4) is 0 Å². The third kappa shape index (κ3) is 4.13. The maximum atomic E-state index is 6.18. The summed E-state index contributed by atoms with van der Waals surface area (Å²) in [5.74, 6) is 0. The maximum absolute atomic E-state index is 6.18. The molecule has 1 aromatic heterocycles. The van der Waals surface area contributed by atoms with Crippen molar-refractivity contribution >= 4 is 15.9 Å². The summed E-state index contributed by atoms with van der Waals surface area (Å²) < 4.78 is 7.09. The van der Waals surface area contributed by atoms with Gasteiger partial charge in [-0.25, -0.2) is 0 Å². The molecule has 1 heterocycles. The topological polar surface area (TPSA) is 48.1 Å². The van der Waals surface area contributed by atoms with E-state index in [0.29, 0.717) is 6.61 Å². The Morgan fingerprint density at radius 1 is 1.25 bits per heavy atom. The molecule has 0 spiro atoms. The number of hydrogen-bond donors (Lipinski definition) is 1. The number of halogens is 1. The Morgan fingerprint density at radius 2 is 2.00 bits per heavy atom. The fourth-order valence-corrected chi connectivity index (χ4v) is 2.26. The Hall–Kier alpha value is -1.23. The standard InChI is InChI=1S/C16H19BrN2O/c1-2-15(18)16(13-4-3-9-19-10-13)20-11-12-5-7-14(17)8-6-12/h3-10,15-16H,2,11,18H2,1H3. The van der Waals surface area contributed by atoms with E-state index in [0.717, 1.165) is 22.0 Å². The van der Waals surface area contributed by atoms with Crippen molar-refractivity contribution in [3.8, 4) is 0 Å². The molecule has 1 aromatic carbocycles. The number of rotatable bonds is 6.